The summed E-state index contributed by atoms with van der Waals surface area (Å²) in [6.07, 6.45) is 2.35. The van der Waals surface area contributed by atoms with Crippen LogP contribution in [0.1, 0.15) is 19.8 Å². The van der Waals surface area contributed by atoms with Crippen LogP contribution in [0, 0.1) is 5.92 Å². The normalized spacial score (nSPS) is 42.5. The Morgan fingerprint density at radius 2 is 2.23 bits per heavy atom. The van der Waals surface area contributed by atoms with Crippen LogP contribution in [-0.4, -0.2) is 42.6 Å². The van der Waals surface area contributed by atoms with Crippen molar-refractivity contribution in [2.45, 2.75) is 31.2 Å². The predicted molar refractivity (Wildman–Crippen MR) is 54.2 cm³/mol. The van der Waals surface area contributed by atoms with E-state index in [0.29, 0.717) is 17.3 Å². The lowest BCUT2D eigenvalue weighted by atomic mass is 9.98. The number of likely N-dealkylation sites (tertiary alicyclic amines) is 1. The summed E-state index contributed by atoms with van der Waals surface area (Å²) in [6.45, 7) is 6.44. The molecule has 13 heavy (non-hydrogen) atoms. The highest BCUT2D eigenvalue weighted by Crippen LogP contribution is 2.25. The van der Waals surface area contributed by atoms with Crippen LogP contribution in [0.5, 0.6) is 0 Å². The van der Waals surface area contributed by atoms with Crippen LogP contribution in [0.25, 0.3) is 0 Å². The molecule has 0 saturated carbocycles. The highest BCUT2D eigenvalue weighted by atomic mass is 35.5. The Balaban J connectivity index is 1.87. The van der Waals surface area contributed by atoms with Crippen LogP contribution in [0.2, 0.25) is 0 Å². The summed E-state index contributed by atoms with van der Waals surface area (Å²) in [5, 5.41) is 0.388. The van der Waals surface area contributed by atoms with Gasteiger partial charge in [-0.05, 0) is 25.3 Å². The van der Waals surface area contributed by atoms with Crippen molar-refractivity contribution in [1.29, 1.82) is 0 Å². The van der Waals surface area contributed by atoms with Gasteiger partial charge >= 0.3 is 0 Å². The van der Waals surface area contributed by atoms with Crippen LogP contribution in [0.3, 0.4) is 0 Å². The van der Waals surface area contributed by atoms with Gasteiger partial charge < -0.3 is 4.74 Å². The van der Waals surface area contributed by atoms with Crippen LogP contribution in [0.4, 0.5) is 0 Å². The zero-order chi connectivity index (χ0) is 9.26. The van der Waals surface area contributed by atoms with Crippen LogP contribution >= 0.6 is 11.6 Å². The highest BCUT2D eigenvalue weighted by Gasteiger charge is 2.30. The van der Waals surface area contributed by atoms with E-state index in [1.807, 2.05) is 0 Å². The summed E-state index contributed by atoms with van der Waals surface area (Å²) in [6, 6.07) is 0.673. The van der Waals surface area contributed by atoms with Crippen molar-refractivity contribution in [3.63, 3.8) is 0 Å². The van der Waals surface area contributed by atoms with Crippen molar-refractivity contribution in [3.8, 4) is 0 Å². The second kappa shape index (κ2) is 4.16. The third kappa shape index (κ3) is 2.17. The summed E-state index contributed by atoms with van der Waals surface area (Å²) in [4.78, 5) is 2.55. The number of hydrogen-bond donors (Lipinski definition) is 0. The molecule has 2 aliphatic heterocycles. The number of nitrogens with zero attached hydrogens (tertiary/aromatic N) is 1. The lowest BCUT2D eigenvalue weighted by molar-refractivity contribution is 0.109. The molecule has 0 N–H and O–H groups in total. The molecule has 2 nitrogen and oxygen atoms in total. The van der Waals surface area contributed by atoms with E-state index in [1.54, 1.807) is 0 Å². The molecule has 3 unspecified atom stereocenters. The fraction of sp³-hybridized carbons (Fsp3) is 1.00. The first-order chi connectivity index (χ1) is 6.27. The van der Waals surface area contributed by atoms with Crippen molar-refractivity contribution in [2.75, 3.05) is 26.3 Å². The predicted octanol–water partition coefficient (Wildman–Crippen LogP) is 1.72. The summed E-state index contributed by atoms with van der Waals surface area (Å²) in [5.74, 6) is 0.635. The monoisotopic (exact) mass is 203 g/mol. The number of halogens is 1. The Labute approximate surface area is 85.2 Å². The number of hydrogen-bond acceptors (Lipinski definition) is 2. The molecule has 76 valence electrons. The molecule has 0 radical (unpaired) electrons. The molecule has 2 saturated heterocycles. The van der Waals surface area contributed by atoms with Crippen molar-refractivity contribution < 1.29 is 4.74 Å². The molecular formula is C10H18ClNO. The molecule has 0 aliphatic carbocycles. The van der Waals surface area contributed by atoms with Gasteiger partial charge in [-0.15, -0.1) is 11.6 Å². The van der Waals surface area contributed by atoms with Gasteiger partial charge in [-0.3, -0.25) is 4.90 Å². The largest absolute Gasteiger partial charge is 0.380 e. The minimum Gasteiger partial charge on any atom is -0.380 e. The van der Waals surface area contributed by atoms with Crippen LogP contribution in [-0.2, 0) is 4.74 Å². The quantitative estimate of drug-likeness (QED) is 0.602. The van der Waals surface area contributed by atoms with Gasteiger partial charge in [-0.2, -0.15) is 0 Å². The highest BCUT2D eigenvalue weighted by molar-refractivity contribution is 6.20. The fourth-order valence-corrected chi connectivity index (χ4v) is 2.47. The van der Waals surface area contributed by atoms with Gasteiger partial charge in [-0.1, -0.05) is 6.92 Å². The number of ether oxygens (including phenoxy) is 1. The standard InChI is InChI=1S/C10H18ClNO/c1-8-6-12(4-2-10(8)11)9-3-5-13-7-9/h8-10H,2-7H2,1H3. The Hall–Kier alpha value is 0.210. The number of alkyl halides is 1. The van der Waals surface area contributed by atoms with Gasteiger partial charge in [-0.25, -0.2) is 0 Å². The molecular weight excluding hydrogens is 186 g/mol. The second-order valence-electron chi connectivity index (χ2n) is 4.29. The first kappa shape index (κ1) is 9.75. The summed E-state index contributed by atoms with van der Waals surface area (Å²) in [5.41, 5.74) is 0. The van der Waals surface area contributed by atoms with E-state index in [9.17, 15) is 0 Å². The van der Waals surface area contributed by atoms with E-state index in [4.69, 9.17) is 16.3 Å². The molecule has 3 atom stereocenters. The topological polar surface area (TPSA) is 12.5 Å². The fourth-order valence-electron chi connectivity index (χ4n) is 2.29. The maximum Gasteiger partial charge on any atom is 0.0622 e. The van der Waals surface area contributed by atoms with Crippen molar-refractivity contribution in [1.82, 2.24) is 4.90 Å². The van der Waals surface area contributed by atoms with E-state index in [-0.39, 0.29) is 0 Å². The van der Waals surface area contributed by atoms with Crippen LogP contribution < -0.4 is 0 Å². The first-order valence-corrected chi connectivity index (χ1v) is 5.67. The summed E-state index contributed by atoms with van der Waals surface area (Å²) < 4.78 is 5.40. The summed E-state index contributed by atoms with van der Waals surface area (Å²) >= 11 is 6.18. The Bertz CT molecular complexity index is 170. The molecule has 0 bridgehead atoms. The smallest absolute Gasteiger partial charge is 0.0622 e. The molecule has 2 aliphatic rings. The molecule has 2 fully saturated rings. The SMILES string of the molecule is CC1CN(C2CCOC2)CCC1Cl. The average Bonchev–Trinajstić information content (AvgIpc) is 2.62. The van der Waals surface area contributed by atoms with Gasteiger partial charge in [0, 0.05) is 24.6 Å². The van der Waals surface area contributed by atoms with E-state index in [0.717, 1.165) is 32.7 Å². The molecule has 0 aromatic carbocycles. The molecule has 0 amide bonds. The number of piperidine rings is 1. The zero-order valence-electron chi connectivity index (χ0n) is 8.21. The van der Waals surface area contributed by atoms with Gasteiger partial charge in [0.2, 0.25) is 0 Å². The van der Waals surface area contributed by atoms with Crippen LogP contribution in [0.15, 0.2) is 0 Å². The third-order valence-electron chi connectivity index (χ3n) is 3.25. The molecule has 3 heteroatoms. The van der Waals surface area contributed by atoms with Crippen molar-refractivity contribution >= 4 is 11.6 Å². The average molecular weight is 204 g/mol. The van der Waals surface area contributed by atoms with Gasteiger partial charge in [0.1, 0.15) is 0 Å². The Morgan fingerprint density at radius 3 is 2.85 bits per heavy atom. The zero-order valence-corrected chi connectivity index (χ0v) is 8.96. The van der Waals surface area contributed by atoms with Gasteiger partial charge in [0.05, 0.1) is 6.61 Å². The maximum absolute atomic E-state index is 6.18. The number of rotatable bonds is 1. The maximum atomic E-state index is 6.18. The Kier molecular flexibility index (Phi) is 3.12. The van der Waals surface area contributed by atoms with Gasteiger partial charge in [0.25, 0.3) is 0 Å². The van der Waals surface area contributed by atoms with Gasteiger partial charge in [0.15, 0.2) is 0 Å². The summed E-state index contributed by atoms with van der Waals surface area (Å²) in [7, 11) is 0. The molecule has 2 heterocycles. The van der Waals surface area contributed by atoms with E-state index in [1.165, 1.54) is 6.42 Å². The molecule has 2 rings (SSSR count). The molecule has 0 spiro atoms. The van der Waals surface area contributed by atoms with Crippen molar-refractivity contribution in [2.24, 2.45) is 5.92 Å². The third-order valence-corrected chi connectivity index (χ3v) is 3.90. The minimum absolute atomic E-state index is 0.388. The van der Waals surface area contributed by atoms with Crippen molar-refractivity contribution in [3.05, 3.63) is 0 Å². The van der Waals surface area contributed by atoms with E-state index in [2.05, 4.69) is 11.8 Å². The van der Waals surface area contributed by atoms with E-state index >= 15 is 0 Å². The first-order valence-electron chi connectivity index (χ1n) is 5.23. The van der Waals surface area contributed by atoms with E-state index < -0.39 is 0 Å². The molecule has 0 aromatic rings. The Morgan fingerprint density at radius 1 is 1.38 bits per heavy atom. The lowest BCUT2D eigenvalue weighted by Crippen LogP contribution is -2.45. The second-order valence-corrected chi connectivity index (χ2v) is 4.85. The lowest BCUT2D eigenvalue weighted by Gasteiger charge is -2.37. The molecule has 0 aromatic heterocycles. The minimum atomic E-state index is 0.388.